The smallest absolute Gasteiger partial charge is 0.324 e. The number of halogens is 4. The Bertz CT molecular complexity index is 395. The number of nitrogens with zero attached hydrogens (tertiary/aromatic N) is 1. The number of amidine groups is 1. The lowest BCUT2D eigenvalue weighted by Crippen LogP contribution is -2.22. The Morgan fingerprint density at radius 2 is 1.94 bits per heavy atom. The molecule has 17 heavy (non-hydrogen) atoms. The minimum absolute atomic E-state index is 0. The van der Waals surface area contributed by atoms with E-state index in [1.165, 1.54) is 22.7 Å². The van der Waals surface area contributed by atoms with Gasteiger partial charge in [0.15, 0.2) is 5.17 Å². The zero-order valence-electron chi connectivity index (χ0n) is 9.21. The van der Waals surface area contributed by atoms with E-state index in [-0.39, 0.29) is 29.1 Å². The first-order valence-corrected chi connectivity index (χ1v) is 5.62. The highest BCUT2D eigenvalue weighted by Crippen LogP contribution is 2.31. The van der Waals surface area contributed by atoms with Crippen molar-refractivity contribution in [3.8, 4) is 0 Å². The van der Waals surface area contributed by atoms with Crippen LogP contribution in [0.4, 0.5) is 18.9 Å². The van der Waals surface area contributed by atoms with Crippen LogP contribution < -0.4 is 4.90 Å². The van der Waals surface area contributed by atoms with Gasteiger partial charge in [-0.2, -0.15) is 13.2 Å². The molecule has 0 radical (unpaired) electrons. The highest BCUT2D eigenvalue weighted by Gasteiger charge is 2.30. The highest BCUT2D eigenvalue weighted by molar-refractivity contribution is 14.0. The van der Waals surface area contributed by atoms with E-state index >= 15 is 0 Å². The van der Waals surface area contributed by atoms with Crippen molar-refractivity contribution in [1.82, 2.24) is 0 Å². The summed E-state index contributed by atoms with van der Waals surface area (Å²) in [4.78, 5) is 1.40. The Labute approximate surface area is 119 Å². The molecule has 0 aromatic heterocycles. The van der Waals surface area contributed by atoms with Gasteiger partial charge in [-0.15, -0.1) is 24.0 Å². The molecule has 0 amide bonds. The minimum Gasteiger partial charge on any atom is -0.324 e. The minimum atomic E-state index is -4.35. The first-order valence-electron chi connectivity index (χ1n) is 4.40. The van der Waals surface area contributed by atoms with E-state index < -0.39 is 11.7 Å². The van der Waals surface area contributed by atoms with Gasteiger partial charge in [0.25, 0.3) is 0 Å². The fraction of sp³-hybridized carbons (Fsp3) is 0.300. The predicted octanol–water partition coefficient (Wildman–Crippen LogP) is 4.06. The van der Waals surface area contributed by atoms with Crippen LogP contribution in [0.1, 0.15) is 5.56 Å². The van der Waals surface area contributed by atoms with E-state index in [4.69, 9.17) is 5.41 Å². The van der Waals surface area contributed by atoms with Crippen LogP contribution in [-0.2, 0) is 6.18 Å². The average Bonchev–Trinajstić information content (AvgIpc) is 2.26. The molecular formula is C10H12F3IN2S. The summed E-state index contributed by atoms with van der Waals surface area (Å²) in [6.45, 7) is 0. The molecule has 0 heterocycles. The van der Waals surface area contributed by atoms with Crippen LogP contribution in [0.3, 0.4) is 0 Å². The van der Waals surface area contributed by atoms with E-state index in [1.807, 2.05) is 0 Å². The Morgan fingerprint density at radius 3 is 2.41 bits per heavy atom. The van der Waals surface area contributed by atoms with Crippen molar-refractivity contribution >= 4 is 46.6 Å². The zero-order valence-corrected chi connectivity index (χ0v) is 12.4. The van der Waals surface area contributed by atoms with Crippen molar-refractivity contribution in [3.63, 3.8) is 0 Å². The summed E-state index contributed by atoms with van der Waals surface area (Å²) >= 11 is 1.17. The van der Waals surface area contributed by atoms with E-state index in [0.717, 1.165) is 12.1 Å². The van der Waals surface area contributed by atoms with Gasteiger partial charge in [-0.1, -0.05) is 17.8 Å². The summed E-state index contributed by atoms with van der Waals surface area (Å²) in [6, 6.07) is 4.92. The van der Waals surface area contributed by atoms with Crippen LogP contribution in [0.5, 0.6) is 0 Å². The van der Waals surface area contributed by atoms with Gasteiger partial charge >= 0.3 is 6.18 Å². The largest absolute Gasteiger partial charge is 0.416 e. The van der Waals surface area contributed by atoms with Gasteiger partial charge in [0.05, 0.1) is 5.56 Å². The Hall–Kier alpha value is -0.440. The van der Waals surface area contributed by atoms with Crippen LogP contribution in [-0.4, -0.2) is 18.5 Å². The molecule has 1 N–H and O–H groups in total. The van der Waals surface area contributed by atoms with Gasteiger partial charge in [-0.05, 0) is 24.5 Å². The Kier molecular flexibility index (Phi) is 6.31. The monoisotopic (exact) mass is 376 g/mol. The predicted molar refractivity (Wildman–Crippen MR) is 76.5 cm³/mol. The molecule has 0 spiro atoms. The summed E-state index contributed by atoms with van der Waals surface area (Å²) in [6.07, 6.45) is -2.65. The fourth-order valence-electron chi connectivity index (χ4n) is 1.15. The third-order valence-electron chi connectivity index (χ3n) is 2.06. The van der Waals surface area contributed by atoms with Crippen molar-refractivity contribution in [3.05, 3.63) is 29.8 Å². The molecule has 96 valence electrons. The molecule has 2 nitrogen and oxygen atoms in total. The van der Waals surface area contributed by atoms with E-state index in [0.29, 0.717) is 5.69 Å². The van der Waals surface area contributed by atoms with Crippen LogP contribution >= 0.6 is 35.7 Å². The molecule has 0 aliphatic carbocycles. The summed E-state index contributed by atoms with van der Waals surface area (Å²) in [5, 5.41) is 7.71. The number of benzene rings is 1. The average molecular weight is 376 g/mol. The van der Waals surface area contributed by atoms with Gasteiger partial charge in [0.2, 0.25) is 0 Å². The molecule has 1 rings (SSSR count). The van der Waals surface area contributed by atoms with Crippen LogP contribution in [0.15, 0.2) is 24.3 Å². The quantitative estimate of drug-likeness (QED) is 0.455. The third kappa shape index (κ3) is 4.38. The standard InChI is InChI=1S/C10H11F3N2S.HI/c1-15(9(14)16-2)8-5-3-4-7(6-8)10(11,12)13;/h3-6,14H,1-2H3;1H. The molecule has 1 aromatic rings. The number of nitrogens with one attached hydrogen (secondary N) is 1. The van der Waals surface area contributed by atoms with Gasteiger partial charge < -0.3 is 4.90 Å². The second-order valence-corrected chi connectivity index (χ2v) is 3.91. The summed E-state index contributed by atoms with van der Waals surface area (Å²) in [5.41, 5.74) is -0.347. The van der Waals surface area contributed by atoms with Crippen molar-refractivity contribution in [1.29, 1.82) is 5.41 Å². The van der Waals surface area contributed by atoms with Crippen molar-refractivity contribution in [2.75, 3.05) is 18.2 Å². The maximum atomic E-state index is 12.4. The number of hydrogen-bond donors (Lipinski definition) is 1. The lowest BCUT2D eigenvalue weighted by Gasteiger charge is -2.19. The lowest BCUT2D eigenvalue weighted by molar-refractivity contribution is -0.137. The molecule has 0 fully saturated rings. The lowest BCUT2D eigenvalue weighted by atomic mass is 10.2. The van der Waals surface area contributed by atoms with Crippen molar-refractivity contribution in [2.45, 2.75) is 6.18 Å². The van der Waals surface area contributed by atoms with Gasteiger partial charge in [-0.25, -0.2) is 0 Å². The molecule has 0 aliphatic rings. The van der Waals surface area contributed by atoms with E-state index in [1.54, 1.807) is 19.4 Å². The second-order valence-electron chi connectivity index (χ2n) is 3.12. The normalized spacial score (nSPS) is 10.6. The van der Waals surface area contributed by atoms with E-state index in [9.17, 15) is 13.2 Å². The topological polar surface area (TPSA) is 27.1 Å². The second kappa shape index (κ2) is 6.48. The van der Waals surface area contributed by atoms with Gasteiger partial charge in [-0.3, -0.25) is 5.41 Å². The summed E-state index contributed by atoms with van der Waals surface area (Å²) in [7, 11) is 1.56. The molecule has 7 heteroatoms. The molecule has 0 atom stereocenters. The van der Waals surface area contributed by atoms with Crippen molar-refractivity contribution < 1.29 is 13.2 Å². The summed E-state index contributed by atoms with van der Waals surface area (Å²) in [5.74, 6) is 0. The summed E-state index contributed by atoms with van der Waals surface area (Å²) < 4.78 is 37.3. The first-order chi connectivity index (χ1) is 7.36. The van der Waals surface area contributed by atoms with E-state index in [2.05, 4.69) is 0 Å². The van der Waals surface area contributed by atoms with Crippen LogP contribution in [0.2, 0.25) is 0 Å². The van der Waals surface area contributed by atoms with Gasteiger partial charge in [0, 0.05) is 12.7 Å². The molecule has 0 unspecified atom stereocenters. The SMILES string of the molecule is CSC(=N)N(C)c1cccc(C(F)(F)F)c1.I. The molecule has 0 saturated carbocycles. The van der Waals surface area contributed by atoms with Crippen LogP contribution in [0, 0.1) is 5.41 Å². The maximum Gasteiger partial charge on any atom is 0.416 e. The van der Waals surface area contributed by atoms with Crippen LogP contribution in [0.25, 0.3) is 0 Å². The molecular weight excluding hydrogens is 364 g/mol. The number of alkyl halides is 3. The Morgan fingerprint density at radius 1 is 1.35 bits per heavy atom. The Balaban J connectivity index is 0.00000256. The maximum absolute atomic E-state index is 12.4. The number of rotatable bonds is 1. The molecule has 0 saturated heterocycles. The third-order valence-corrected chi connectivity index (χ3v) is 2.72. The zero-order chi connectivity index (χ0) is 12.3. The number of hydrogen-bond acceptors (Lipinski definition) is 2. The molecule has 1 aromatic carbocycles. The highest BCUT2D eigenvalue weighted by atomic mass is 127. The molecule has 0 aliphatic heterocycles. The van der Waals surface area contributed by atoms with Gasteiger partial charge in [0.1, 0.15) is 0 Å². The number of thioether (sulfide) groups is 1. The first kappa shape index (κ1) is 16.6. The molecule has 0 bridgehead atoms. The number of anilines is 1. The van der Waals surface area contributed by atoms with Crippen molar-refractivity contribution in [2.24, 2.45) is 0 Å². The fourth-order valence-corrected chi connectivity index (χ4v) is 1.52.